The SMILES string of the molecule is Cc1ccc2ncccc2c1-c1cc(N)nc(NC(=O)C(C)N(C)C(=O)OC(C)(C)C)c1. The molecule has 1 atom stereocenters. The van der Waals surface area contributed by atoms with Crippen molar-refractivity contribution in [1.29, 1.82) is 0 Å². The van der Waals surface area contributed by atoms with E-state index in [-0.39, 0.29) is 5.82 Å². The summed E-state index contributed by atoms with van der Waals surface area (Å²) in [5, 5.41) is 3.74. The Balaban J connectivity index is 1.88. The third-order valence-electron chi connectivity index (χ3n) is 5.02. The van der Waals surface area contributed by atoms with Gasteiger partial charge in [0, 0.05) is 18.6 Å². The number of anilines is 2. The van der Waals surface area contributed by atoms with Crippen molar-refractivity contribution in [2.24, 2.45) is 0 Å². The van der Waals surface area contributed by atoms with Crippen LogP contribution in [0.4, 0.5) is 16.4 Å². The number of hydrogen-bond donors (Lipinski definition) is 2. The second-order valence-corrected chi connectivity index (χ2v) is 8.75. The molecule has 0 aliphatic carbocycles. The molecule has 0 saturated heterocycles. The number of rotatable bonds is 4. The first-order valence-corrected chi connectivity index (χ1v) is 10.3. The van der Waals surface area contributed by atoms with Crippen LogP contribution in [-0.2, 0) is 9.53 Å². The van der Waals surface area contributed by atoms with Crippen molar-refractivity contribution < 1.29 is 14.3 Å². The van der Waals surface area contributed by atoms with Crippen LogP contribution in [0.25, 0.3) is 22.0 Å². The molecule has 2 heterocycles. The number of nitrogen functional groups attached to an aromatic ring is 1. The van der Waals surface area contributed by atoms with Crippen molar-refractivity contribution in [2.75, 3.05) is 18.1 Å². The largest absolute Gasteiger partial charge is 0.444 e. The molecule has 3 rings (SSSR count). The molecule has 32 heavy (non-hydrogen) atoms. The average Bonchev–Trinajstić information content (AvgIpc) is 2.70. The van der Waals surface area contributed by atoms with Crippen molar-refractivity contribution in [3.8, 4) is 11.1 Å². The lowest BCUT2D eigenvalue weighted by Crippen LogP contribution is -2.45. The Hall–Kier alpha value is -3.68. The van der Waals surface area contributed by atoms with Crippen molar-refractivity contribution in [3.63, 3.8) is 0 Å². The number of benzene rings is 1. The lowest BCUT2D eigenvalue weighted by molar-refractivity contribution is -0.120. The zero-order valence-corrected chi connectivity index (χ0v) is 19.3. The number of ether oxygens (including phenoxy) is 1. The van der Waals surface area contributed by atoms with E-state index in [4.69, 9.17) is 10.5 Å². The Morgan fingerprint density at radius 2 is 1.91 bits per heavy atom. The molecule has 8 heteroatoms. The fourth-order valence-corrected chi connectivity index (χ4v) is 3.30. The first-order chi connectivity index (χ1) is 15.0. The molecule has 8 nitrogen and oxygen atoms in total. The van der Waals surface area contributed by atoms with Crippen molar-refractivity contribution in [1.82, 2.24) is 14.9 Å². The van der Waals surface area contributed by atoms with E-state index in [1.54, 1.807) is 46.0 Å². The van der Waals surface area contributed by atoms with Crippen LogP contribution in [-0.4, -0.2) is 45.6 Å². The summed E-state index contributed by atoms with van der Waals surface area (Å²) in [5.41, 5.74) is 9.10. The molecular formula is C24H29N5O3. The molecule has 1 unspecified atom stereocenters. The van der Waals surface area contributed by atoms with Gasteiger partial charge in [-0.05, 0) is 75.6 Å². The van der Waals surface area contributed by atoms with Crippen LogP contribution in [0.1, 0.15) is 33.3 Å². The third kappa shape index (κ3) is 5.14. The maximum atomic E-state index is 12.8. The van der Waals surface area contributed by atoms with Gasteiger partial charge in [0.25, 0.3) is 0 Å². The average molecular weight is 436 g/mol. The number of fused-ring (bicyclic) bond motifs is 1. The van der Waals surface area contributed by atoms with E-state index >= 15 is 0 Å². The Labute approximate surface area is 187 Å². The van der Waals surface area contributed by atoms with Crippen molar-refractivity contribution in [2.45, 2.75) is 46.3 Å². The van der Waals surface area contributed by atoms with Crippen LogP contribution in [0.15, 0.2) is 42.6 Å². The van der Waals surface area contributed by atoms with Crippen LogP contribution >= 0.6 is 0 Å². The summed E-state index contributed by atoms with van der Waals surface area (Å²) in [6, 6.07) is 10.6. The van der Waals surface area contributed by atoms with Gasteiger partial charge in [0.05, 0.1) is 5.52 Å². The van der Waals surface area contributed by atoms with Gasteiger partial charge in [-0.15, -0.1) is 0 Å². The molecule has 2 aromatic heterocycles. The van der Waals surface area contributed by atoms with E-state index in [1.165, 1.54) is 11.9 Å². The minimum Gasteiger partial charge on any atom is -0.444 e. The smallest absolute Gasteiger partial charge is 0.410 e. The van der Waals surface area contributed by atoms with Crippen LogP contribution in [0.2, 0.25) is 0 Å². The predicted octanol–water partition coefficient (Wildman–Crippen LogP) is 4.38. The van der Waals surface area contributed by atoms with Gasteiger partial charge < -0.3 is 15.8 Å². The van der Waals surface area contributed by atoms with Crippen LogP contribution in [0, 0.1) is 6.92 Å². The lowest BCUT2D eigenvalue weighted by atomic mass is 9.96. The van der Waals surface area contributed by atoms with E-state index in [2.05, 4.69) is 15.3 Å². The Bertz CT molecular complexity index is 1170. The highest BCUT2D eigenvalue weighted by molar-refractivity contribution is 5.99. The molecule has 2 amide bonds. The Morgan fingerprint density at radius 3 is 2.59 bits per heavy atom. The molecule has 0 bridgehead atoms. The minimum atomic E-state index is -0.778. The van der Waals surface area contributed by atoms with E-state index < -0.39 is 23.6 Å². The van der Waals surface area contributed by atoms with Gasteiger partial charge in [-0.1, -0.05) is 12.1 Å². The number of likely N-dealkylation sites (N-methyl/N-ethyl adjacent to an activating group) is 1. The highest BCUT2D eigenvalue weighted by Crippen LogP contribution is 2.33. The molecule has 0 aliphatic rings. The van der Waals surface area contributed by atoms with Crippen molar-refractivity contribution in [3.05, 3.63) is 48.2 Å². The lowest BCUT2D eigenvalue weighted by Gasteiger charge is -2.28. The second-order valence-electron chi connectivity index (χ2n) is 8.75. The second kappa shape index (κ2) is 8.82. The first kappa shape index (κ1) is 23.0. The number of nitrogens with two attached hydrogens (primary N) is 1. The maximum absolute atomic E-state index is 12.8. The van der Waals surface area contributed by atoms with E-state index in [1.807, 2.05) is 31.2 Å². The van der Waals surface area contributed by atoms with Crippen LogP contribution in [0.3, 0.4) is 0 Å². The molecule has 0 radical (unpaired) electrons. The summed E-state index contributed by atoms with van der Waals surface area (Å²) >= 11 is 0. The number of amides is 2. The number of hydrogen-bond acceptors (Lipinski definition) is 6. The van der Waals surface area contributed by atoms with Crippen LogP contribution < -0.4 is 11.1 Å². The quantitative estimate of drug-likeness (QED) is 0.629. The standard InChI is InChI=1S/C24H29N5O3/c1-14-9-10-18-17(8-7-11-26-18)21(14)16-12-19(25)27-20(13-16)28-22(30)15(2)29(6)23(31)32-24(3,4)5/h7-13,15H,1-6H3,(H3,25,27,28,30). The minimum absolute atomic E-state index is 0.270. The molecule has 1 aromatic carbocycles. The van der Waals surface area contributed by atoms with Gasteiger partial charge in [0.1, 0.15) is 23.3 Å². The fraction of sp³-hybridized carbons (Fsp3) is 0.333. The number of carbonyl (C=O) groups excluding carboxylic acids is 2. The first-order valence-electron chi connectivity index (χ1n) is 10.3. The molecule has 0 spiro atoms. The predicted molar refractivity (Wildman–Crippen MR) is 126 cm³/mol. The van der Waals surface area contributed by atoms with Gasteiger partial charge in [-0.3, -0.25) is 14.7 Å². The number of carbonyl (C=O) groups is 2. The van der Waals surface area contributed by atoms with E-state index in [0.717, 1.165) is 27.6 Å². The van der Waals surface area contributed by atoms with E-state index in [9.17, 15) is 9.59 Å². The highest BCUT2D eigenvalue weighted by atomic mass is 16.6. The molecule has 0 saturated carbocycles. The Morgan fingerprint density at radius 1 is 1.19 bits per heavy atom. The molecule has 0 aliphatic heterocycles. The normalized spacial score (nSPS) is 12.3. The van der Waals surface area contributed by atoms with Gasteiger partial charge in [0.15, 0.2) is 0 Å². The van der Waals surface area contributed by atoms with Crippen LogP contribution in [0.5, 0.6) is 0 Å². The number of nitrogens with zero attached hydrogens (tertiary/aromatic N) is 3. The summed E-state index contributed by atoms with van der Waals surface area (Å²) in [5.74, 6) is 0.166. The van der Waals surface area contributed by atoms with Crippen molar-refractivity contribution >= 4 is 34.5 Å². The summed E-state index contributed by atoms with van der Waals surface area (Å²) in [4.78, 5) is 35.0. The molecular weight excluding hydrogens is 406 g/mol. The summed E-state index contributed by atoms with van der Waals surface area (Å²) in [6.45, 7) is 8.94. The summed E-state index contributed by atoms with van der Waals surface area (Å²) < 4.78 is 5.34. The van der Waals surface area contributed by atoms with Gasteiger partial charge >= 0.3 is 6.09 Å². The molecule has 3 aromatic rings. The number of aryl methyl sites for hydroxylation is 1. The zero-order chi connectivity index (χ0) is 23.6. The van der Waals surface area contributed by atoms with Gasteiger partial charge in [-0.2, -0.15) is 0 Å². The topological polar surface area (TPSA) is 110 Å². The molecule has 0 fully saturated rings. The number of pyridine rings is 2. The molecule has 3 N–H and O–H groups in total. The fourth-order valence-electron chi connectivity index (χ4n) is 3.30. The maximum Gasteiger partial charge on any atom is 0.410 e. The highest BCUT2D eigenvalue weighted by Gasteiger charge is 2.27. The number of nitrogens with one attached hydrogen (secondary N) is 1. The summed E-state index contributed by atoms with van der Waals surface area (Å²) in [6.07, 6.45) is 1.16. The van der Waals surface area contributed by atoms with E-state index in [0.29, 0.717) is 5.82 Å². The van der Waals surface area contributed by atoms with Gasteiger partial charge in [0.2, 0.25) is 5.91 Å². The molecule has 168 valence electrons. The number of aromatic nitrogens is 2. The summed E-state index contributed by atoms with van der Waals surface area (Å²) in [7, 11) is 1.52. The Kier molecular flexibility index (Phi) is 6.34. The van der Waals surface area contributed by atoms with Gasteiger partial charge in [-0.25, -0.2) is 9.78 Å². The zero-order valence-electron chi connectivity index (χ0n) is 19.3. The monoisotopic (exact) mass is 435 g/mol. The third-order valence-corrected chi connectivity index (χ3v) is 5.02.